The molecule has 0 N–H and O–H groups in total. The van der Waals surface area contributed by atoms with Crippen molar-refractivity contribution in [3.05, 3.63) is 0 Å². The first-order chi connectivity index (χ1) is 14.4. The van der Waals surface area contributed by atoms with Gasteiger partial charge in [-0.1, -0.05) is 0 Å². The first-order valence-electron chi connectivity index (χ1n) is 13.3. The molecule has 1 nitrogen and oxygen atoms in total. The standard InChI is InChI=1S/2C12H27P.CClO.Ir/c2*1-4-7-10-13(11-8-5-2)12-9-6-3;2-1-3;/h2*4-12H2,1-3H3;;/q;;;-2/p+2. The number of carbonyl (C=O) groups is 1. The Labute approximate surface area is 201 Å². The zero-order valence-electron chi connectivity index (χ0n) is 21.3. The maximum atomic E-state index is 13.5. The Kier molecular flexibility index (Phi) is 19.8. The summed E-state index contributed by atoms with van der Waals surface area (Å²) in [6.07, 6.45) is 24.3. The molecule has 0 aromatic rings. The van der Waals surface area contributed by atoms with Crippen LogP contribution in [0.2, 0.25) is 0 Å². The van der Waals surface area contributed by atoms with E-state index in [1.807, 2.05) is 0 Å². The number of rotatable bonds is 21. The predicted molar refractivity (Wildman–Crippen MR) is 147 cm³/mol. The molecule has 188 valence electrons. The molecule has 0 bridgehead atoms. The van der Waals surface area contributed by atoms with E-state index >= 15 is 0 Å². The van der Waals surface area contributed by atoms with E-state index in [9.17, 15) is 4.79 Å². The van der Waals surface area contributed by atoms with Gasteiger partial charge in [0, 0.05) is 0 Å². The van der Waals surface area contributed by atoms with Crippen LogP contribution in [0, 0.1) is 0 Å². The third kappa shape index (κ3) is 10.6. The van der Waals surface area contributed by atoms with Crippen molar-refractivity contribution in [3.63, 3.8) is 0 Å². The van der Waals surface area contributed by atoms with Crippen LogP contribution in [0.4, 0.5) is 4.79 Å². The SMILES string of the molecule is CCCC[PH](CCCC)(CCCC)[Ir]([C](=O)Cl)[PH](CCCC)(CCCC)CCCC. The van der Waals surface area contributed by atoms with Crippen molar-refractivity contribution < 1.29 is 20.3 Å². The summed E-state index contributed by atoms with van der Waals surface area (Å²) in [5.41, 5.74) is -3.18. The van der Waals surface area contributed by atoms with Crippen molar-refractivity contribution in [2.24, 2.45) is 0 Å². The van der Waals surface area contributed by atoms with Gasteiger partial charge in [-0.05, 0) is 0 Å². The first-order valence-corrected chi connectivity index (χ1v) is 26.9. The second kappa shape index (κ2) is 18.8. The molecule has 0 heterocycles. The summed E-state index contributed by atoms with van der Waals surface area (Å²) in [7, 11) is 0. The summed E-state index contributed by atoms with van der Waals surface area (Å²) in [5.74, 6) is 0. The van der Waals surface area contributed by atoms with Gasteiger partial charge in [-0.3, -0.25) is 0 Å². The molecule has 30 heavy (non-hydrogen) atoms. The quantitative estimate of drug-likeness (QED) is 0.0884. The van der Waals surface area contributed by atoms with Crippen LogP contribution in [-0.2, 0) is 15.5 Å². The van der Waals surface area contributed by atoms with Gasteiger partial charge in [-0.2, -0.15) is 0 Å². The van der Waals surface area contributed by atoms with Gasteiger partial charge in [-0.25, -0.2) is 0 Å². The van der Waals surface area contributed by atoms with Gasteiger partial charge in [-0.15, -0.1) is 0 Å². The van der Waals surface area contributed by atoms with Crippen LogP contribution in [0.5, 0.6) is 0 Å². The molecule has 0 radical (unpaired) electrons. The van der Waals surface area contributed by atoms with Gasteiger partial charge in [0.2, 0.25) is 0 Å². The third-order valence-electron chi connectivity index (χ3n) is 6.64. The summed E-state index contributed by atoms with van der Waals surface area (Å²) < 4.78 is 0.278. The molecule has 5 heteroatoms. The molecular formula is C25H56ClIrOP2. The van der Waals surface area contributed by atoms with E-state index in [0.717, 1.165) is 0 Å². The van der Waals surface area contributed by atoms with E-state index in [0.29, 0.717) is 0 Å². The summed E-state index contributed by atoms with van der Waals surface area (Å²) in [6.45, 7) is 14.1. The molecular weight excluding hydrogens is 606 g/mol. The van der Waals surface area contributed by atoms with Crippen molar-refractivity contribution in [1.82, 2.24) is 0 Å². The van der Waals surface area contributed by atoms with Crippen LogP contribution in [0.1, 0.15) is 119 Å². The van der Waals surface area contributed by atoms with E-state index < -0.39 is 26.5 Å². The van der Waals surface area contributed by atoms with Crippen LogP contribution >= 0.6 is 22.6 Å². The Balaban J connectivity index is 6.50. The first kappa shape index (κ1) is 31.5. The van der Waals surface area contributed by atoms with Gasteiger partial charge in [0.05, 0.1) is 0 Å². The Morgan fingerprint density at radius 1 is 0.533 bits per heavy atom. The fourth-order valence-corrected chi connectivity index (χ4v) is 84.2. The average molecular weight is 662 g/mol. The molecule has 0 rings (SSSR count). The molecule has 0 aliphatic heterocycles. The number of hydrogen-bond donors (Lipinski definition) is 0. The molecule has 0 unspecified atom stereocenters. The Morgan fingerprint density at radius 2 is 0.733 bits per heavy atom. The molecule has 0 saturated heterocycles. The Morgan fingerprint density at radius 3 is 0.867 bits per heavy atom. The van der Waals surface area contributed by atoms with Crippen molar-refractivity contribution in [3.8, 4) is 0 Å². The topological polar surface area (TPSA) is 17.1 Å². The molecule has 0 aliphatic carbocycles. The number of halogens is 1. The zero-order chi connectivity index (χ0) is 22.9. The monoisotopic (exact) mass is 662 g/mol. The van der Waals surface area contributed by atoms with Crippen molar-refractivity contribution >= 4 is 26.4 Å². The number of hydrogen-bond acceptors (Lipinski definition) is 1. The summed E-state index contributed by atoms with van der Waals surface area (Å²) in [6, 6.07) is 0. The van der Waals surface area contributed by atoms with Crippen molar-refractivity contribution in [2.75, 3.05) is 37.0 Å². The summed E-state index contributed by atoms with van der Waals surface area (Å²) in [5, 5.41) is 0. The normalized spacial score (nSPS) is 14.0. The van der Waals surface area contributed by atoms with Gasteiger partial charge in [0.15, 0.2) is 0 Å². The number of unbranched alkanes of at least 4 members (excludes halogenated alkanes) is 6. The fourth-order valence-electron chi connectivity index (χ4n) is 4.82. The number of carbonyl (C=O) groups excluding carboxylic acids is 1. The average Bonchev–Trinajstić information content (AvgIpc) is 2.74. The summed E-state index contributed by atoms with van der Waals surface area (Å²) in [4.78, 5) is 13.5. The van der Waals surface area contributed by atoms with Crippen LogP contribution in [-0.4, -0.2) is 40.7 Å². The van der Waals surface area contributed by atoms with E-state index in [-0.39, 0.29) is 3.76 Å². The maximum absolute atomic E-state index is 13.5. The van der Waals surface area contributed by atoms with Gasteiger partial charge in [0.1, 0.15) is 0 Å². The van der Waals surface area contributed by atoms with Gasteiger partial charge in [0.25, 0.3) is 0 Å². The Bertz CT molecular complexity index is 358. The van der Waals surface area contributed by atoms with Gasteiger partial charge < -0.3 is 0 Å². The van der Waals surface area contributed by atoms with Crippen LogP contribution in [0.3, 0.4) is 0 Å². The molecule has 0 aliphatic rings. The van der Waals surface area contributed by atoms with Crippen molar-refractivity contribution in [1.29, 1.82) is 0 Å². The summed E-state index contributed by atoms with van der Waals surface area (Å²) >= 11 is 4.82. The van der Waals surface area contributed by atoms with Crippen LogP contribution in [0.15, 0.2) is 0 Å². The molecule has 0 spiro atoms. The second-order valence-corrected chi connectivity index (χ2v) is 44.1. The zero-order valence-corrected chi connectivity index (χ0v) is 26.5. The second-order valence-electron chi connectivity index (χ2n) is 9.29. The predicted octanol–water partition coefficient (Wildman–Crippen LogP) is 10.1. The van der Waals surface area contributed by atoms with E-state index in [1.165, 1.54) is 114 Å². The third-order valence-corrected chi connectivity index (χ3v) is 65.0. The molecule has 0 amide bonds. The molecule has 0 fully saturated rings. The minimum absolute atomic E-state index is 0.278. The molecule has 0 aromatic heterocycles. The van der Waals surface area contributed by atoms with Crippen LogP contribution < -0.4 is 0 Å². The van der Waals surface area contributed by atoms with E-state index in [4.69, 9.17) is 11.6 Å². The van der Waals surface area contributed by atoms with E-state index in [2.05, 4.69) is 41.5 Å². The molecule has 0 atom stereocenters. The fraction of sp³-hybridized carbons (Fsp3) is 0.960. The van der Waals surface area contributed by atoms with Crippen LogP contribution in [0.25, 0.3) is 0 Å². The molecule has 0 saturated carbocycles. The molecule has 0 aromatic carbocycles. The minimum atomic E-state index is -1.97. The Hall–Kier alpha value is 1.47. The van der Waals surface area contributed by atoms with Gasteiger partial charge >= 0.3 is 202 Å². The van der Waals surface area contributed by atoms with Crippen molar-refractivity contribution in [2.45, 2.75) is 119 Å². The van der Waals surface area contributed by atoms with E-state index in [1.54, 1.807) is 0 Å².